The molecule has 0 aromatic heterocycles. The summed E-state index contributed by atoms with van der Waals surface area (Å²) in [5.74, 6) is 0. The number of sulfone groups is 1. The first-order valence-electron chi connectivity index (χ1n) is 9.05. The molecule has 0 amide bonds. The summed E-state index contributed by atoms with van der Waals surface area (Å²) in [5, 5.41) is 0. The highest BCUT2D eigenvalue weighted by atomic mass is 32.2. The summed E-state index contributed by atoms with van der Waals surface area (Å²) < 4.78 is 23.5. The van der Waals surface area contributed by atoms with Crippen LogP contribution in [0, 0.1) is 5.41 Å². The highest BCUT2D eigenvalue weighted by Gasteiger charge is 2.41. The summed E-state index contributed by atoms with van der Waals surface area (Å²) >= 11 is 0. The fourth-order valence-corrected chi connectivity index (χ4v) is 5.23. The Morgan fingerprint density at radius 2 is 1.28 bits per heavy atom. The molecule has 0 N–H and O–H groups in total. The zero-order chi connectivity index (χ0) is 17.5. The number of allylic oxidation sites excluding steroid dienone is 2. The summed E-state index contributed by atoms with van der Waals surface area (Å²) in [4.78, 5) is 0.395. The molecule has 0 heterocycles. The minimum Gasteiger partial charge on any atom is -0.224 e. The number of rotatable bonds is 3. The van der Waals surface area contributed by atoms with Crippen molar-refractivity contribution in [2.24, 2.45) is 5.41 Å². The van der Waals surface area contributed by atoms with Gasteiger partial charge in [-0.3, -0.25) is 0 Å². The summed E-state index contributed by atoms with van der Waals surface area (Å²) in [5.41, 5.74) is 5.78. The van der Waals surface area contributed by atoms with E-state index in [2.05, 4.69) is 30.3 Å². The van der Waals surface area contributed by atoms with Gasteiger partial charge in [0.2, 0.25) is 0 Å². The van der Waals surface area contributed by atoms with Crippen molar-refractivity contribution in [3.63, 3.8) is 0 Å². The van der Waals surface area contributed by atoms with Crippen molar-refractivity contribution >= 4 is 21.0 Å². The molecule has 0 saturated heterocycles. The van der Waals surface area contributed by atoms with Crippen molar-refractivity contribution in [2.45, 2.75) is 43.4 Å². The molecule has 1 saturated carbocycles. The maximum absolute atomic E-state index is 11.7. The van der Waals surface area contributed by atoms with Crippen molar-refractivity contribution < 1.29 is 8.42 Å². The first kappa shape index (κ1) is 16.6. The topological polar surface area (TPSA) is 34.1 Å². The van der Waals surface area contributed by atoms with E-state index in [4.69, 9.17) is 0 Å². The quantitative estimate of drug-likeness (QED) is 0.745. The van der Waals surface area contributed by atoms with E-state index in [1.54, 1.807) is 12.1 Å². The molecule has 2 aliphatic rings. The molecule has 0 radical (unpaired) electrons. The van der Waals surface area contributed by atoms with Crippen molar-refractivity contribution in [2.75, 3.05) is 6.26 Å². The van der Waals surface area contributed by atoms with E-state index in [-0.39, 0.29) is 0 Å². The predicted octanol–water partition coefficient (Wildman–Crippen LogP) is 5.36. The SMILES string of the molecule is CS(=O)(=O)c1ccc(C2=C(c3ccccc3)CC3(CCCC3)C2)cc1. The summed E-state index contributed by atoms with van der Waals surface area (Å²) in [6.07, 6.45) is 8.84. The molecule has 25 heavy (non-hydrogen) atoms. The van der Waals surface area contributed by atoms with Crippen LogP contribution in [0.1, 0.15) is 49.7 Å². The highest BCUT2D eigenvalue weighted by Crippen LogP contribution is 2.57. The number of benzene rings is 2. The highest BCUT2D eigenvalue weighted by molar-refractivity contribution is 7.90. The van der Waals surface area contributed by atoms with Gasteiger partial charge in [-0.2, -0.15) is 0 Å². The third kappa shape index (κ3) is 3.18. The van der Waals surface area contributed by atoms with Gasteiger partial charge in [0.05, 0.1) is 4.90 Å². The molecule has 2 aromatic rings. The van der Waals surface area contributed by atoms with Crippen LogP contribution < -0.4 is 0 Å². The van der Waals surface area contributed by atoms with Gasteiger partial charge in [-0.15, -0.1) is 0 Å². The Morgan fingerprint density at radius 1 is 0.760 bits per heavy atom. The Bertz CT molecular complexity index is 900. The lowest BCUT2D eigenvalue weighted by molar-refractivity contribution is 0.330. The van der Waals surface area contributed by atoms with Gasteiger partial charge >= 0.3 is 0 Å². The second-order valence-electron chi connectivity index (χ2n) is 7.68. The minimum atomic E-state index is -3.15. The van der Waals surface area contributed by atoms with Gasteiger partial charge in [0.25, 0.3) is 0 Å². The molecule has 130 valence electrons. The van der Waals surface area contributed by atoms with E-state index in [0.29, 0.717) is 10.3 Å². The summed E-state index contributed by atoms with van der Waals surface area (Å²) in [6, 6.07) is 18.1. The molecular formula is C22H24O2S. The zero-order valence-corrected chi connectivity index (χ0v) is 15.5. The van der Waals surface area contributed by atoms with Crippen LogP contribution in [0.3, 0.4) is 0 Å². The first-order valence-corrected chi connectivity index (χ1v) is 10.9. The van der Waals surface area contributed by atoms with Crippen molar-refractivity contribution in [3.05, 3.63) is 65.7 Å². The predicted molar refractivity (Wildman–Crippen MR) is 103 cm³/mol. The molecular weight excluding hydrogens is 328 g/mol. The molecule has 0 atom stereocenters. The molecule has 1 fully saturated rings. The lowest BCUT2D eigenvalue weighted by Gasteiger charge is -2.23. The molecule has 0 aliphatic heterocycles. The Balaban J connectivity index is 1.77. The van der Waals surface area contributed by atoms with E-state index in [1.165, 1.54) is 54.2 Å². The maximum Gasteiger partial charge on any atom is 0.175 e. The van der Waals surface area contributed by atoms with Gasteiger partial charge in [-0.05, 0) is 65.5 Å². The third-order valence-electron chi connectivity index (χ3n) is 5.89. The smallest absolute Gasteiger partial charge is 0.175 e. The second kappa shape index (κ2) is 6.14. The molecule has 0 bridgehead atoms. The van der Waals surface area contributed by atoms with Gasteiger partial charge in [0.15, 0.2) is 9.84 Å². The number of hydrogen-bond donors (Lipinski definition) is 0. The van der Waals surface area contributed by atoms with Crippen molar-refractivity contribution in [1.29, 1.82) is 0 Å². The van der Waals surface area contributed by atoms with Crippen molar-refractivity contribution in [3.8, 4) is 0 Å². The van der Waals surface area contributed by atoms with Gasteiger partial charge < -0.3 is 0 Å². The minimum absolute atomic E-state index is 0.395. The van der Waals surface area contributed by atoms with Gasteiger partial charge in [0.1, 0.15) is 0 Å². The molecule has 4 rings (SSSR count). The van der Waals surface area contributed by atoms with Crippen molar-refractivity contribution in [1.82, 2.24) is 0 Å². The number of hydrogen-bond acceptors (Lipinski definition) is 2. The van der Waals surface area contributed by atoms with Crippen LogP contribution in [0.4, 0.5) is 0 Å². The normalized spacial score (nSPS) is 19.7. The molecule has 3 heteroatoms. The molecule has 2 aromatic carbocycles. The Hall–Kier alpha value is -1.87. The van der Waals surface area contributed by atoms with E-state index < -0.39 is 9.84 Å². The van der Waals surface area contributed by atoms with Crippen LogP contribution in [0.2, 0.25) is 0 Å². The molecule has 1 spiro atoms. The first-order chi connectivity index (χ1) is 12.0. The fourth-order valence-electron chi connectivity index (χ4n) is 4.60. The van der Waals surface area contributed by atoms with Gasteiger partial charge in [-0.1, -0.05) is 55.3 Å². The van der Waals surface area contributed by atoms with Crippen LogP contribution in [0.15, 0.2) is 59.5 Å². The fraction of sp³-hybridized carbons (Fsp3) is 0.364. The van der Waals surface area contributed by atoms with E-state index in [9.17, 15) is 8.42 Å². The van der Waals surface area contributed by atoms with Crippen LogP contribution in [0.5, 0.6) is 0 Å². The molecule has 2 nitrogen and oxygen atoms in total. The standard InChI is InChI=1S/C22H24O2S/c1-25(23,24)19-11-9-18(10-12-19)21-16-22(13-5-6-14-22)15-20(21)17-7-3-2-4-8-17/h2-4,7-12H,5-6,13-16H2,1H3. The lowest BCUT2D eigenvalue weighted by atomic mass is 9.81. The van der Waals surface area contributed by atoms with E-state index in [0.717, 1.165) is 12.8 Å². The van der Waals surface area contributed by atoms with Gasteiger partial charge in [-0.25, -0.2) is 8.42 Å². The average Bonchev–Trinajstić information content (AvgIpc) is 3.23. The van der Waals surface area contributed by atoms with Crippen LogP contribution in [-0.4, -0.2) is 14.7 Å². The van der Waals surface area contributed by atoms with Gasteiger partial charge in [0, 0.05) is 6.26 Å². The third-order valence-corrected chi connectivity index (χ3v) is 7.01. The molecule has 2 aliphatic carbocycles. The molecule has 0 unspecified atom stereocenters. The van der Waals surface area contributed by atoms with Crippen LogP contribution >= 0.6 is 0 Å². The van der Waals surface area contributed by atoms with E-state index >= 15 is 0 Å². The van der Waals surface area contributed by atoms with Crippen LogP contribution in [-0.2, 0) is 9.84 Å². The maximum atomic E-state index is 11.7. The van der Waals surface area contributed by atoms with Crippen LogP contribution in [0.25, 0.3) is 11.1 Å². The second-order valence-corrected chi connectivity index (χ2v) is 9.70. The lowest BCUT2D eigenvalue weighted by Crippen LogP contribution is -2.11. The monoisotopic (exact) mass is 352 g/mol. The Morgan fingerprint density at radius 3 is 1.80 bits per heavy atom. The Kier molecular flexibility index (Phi) is 4.07. The largest absolute Gasteiger partial charge is 0.224 e. The Labute approximate surface area is 150 Å². The zero-order valence-electron chi connectivity index (χ0n) is 14.7. The summed E-state index contributed by atoms with van der Waals surface area (Å²) in [6.45, 7) is 0. The average molecular weight is 352 g/mol. The van der Waals surface area contributed by atoms with E-state index in [1.807, 2.05) is 12.1 Å². The summed E-state index contributed by atoms with van der Waals surface area (Å²) in [7, 11) is -3.15.